The van der Waals surface area contributed by atoms with Gasteiger partial charge in [0.15, 0.2) is 0 Å². The summed E-state index contributed by atoms with van der Waals surface area (Å²) in [6, 6.07) is 12.5. The highest BCUT2D eigenvalue weighted by Crippen LogP contribution is 2.28. The molecule has 1 aromatic carbocycles. The summed E-state index contributed by atoms with van der Waals surface area (Å²) < 4.78 is 10.3. The van der Waals surface area contributed by atoms with Crippen LogP contribution in [0.3, 0.4) is 0 Å². The molecule has 0 aliphatic rings. The SMILES string of the molecule is COc1ccc(-c2ccc[c]c2OC)cn1. The molecule has 16 heavy (non-hydrogen) atoms. The van der Waals surface area contributed by atoms with Gasteiger partial charge in [-0.3, -0.25) is 0 Å². The van der Waals surface area contributed by atoms with Gasteiger partial charge >= 0.3 is 0 Å². The van der Waals surface area contributed by atoms with Gasteiger partial charge in [-0.25, -0.2) is 4.98 Å². The van der Waals surface area contributed by atoms with Crippen molar-refractivity contribution in [3.8, 4) is 22.8 Å². The van der Waals surface area contributed by atoms with Crippen molar-refractivity contribution in [1.29, 1.82) is 0 Å². The topological polar surface area (TPSA) is 31.4 Å². The number of para-hydroxylation sites is 1. The lowest BCUT2D eigenvalue weighted by molar-refractivity contribution is 0.398. The van der Waals surface area contributed by atoms with Crippen LogP contribution in [0.25, 0.3) is 11.1 Å². The van der Waals surface area contributed by atoms with E-state index in [1.54, 1.807) is 20.4 Å². The zero-order valence-electron chi connectivity index (χ0n) is 9.23. The number of rotatable bonds is 3. The Morgan fingerprint density at radius 1 is 1.12 bits per heavy atom. The maximum Gasteiger partial charge on any atom is 0.212 e. The van der Waals surface area contributed by atoms with Crippen LogP contribution in [0.2, 0.25) is 0 Å². The Morgan fingerprint density at radius 3 is 2.62 bits per heavy atom. The molecule has 3 nitrogen and oxygen atoms in total. The average molecular weight is 214 g/mol. The van der Waals surface area contributed by atoms with E-state index in [0.717, 1.165) is 16.9 Å². The molecule has 0 saturated carbocycles. The smallest absolute Gasteiger partial charge is 0.212 e. The van der Waals surface area contributed by atoms with Gasteiger partial charge in [0, 0.05) is 29.5 Å². The Morgan fingerprint density at radius 2 is 2.00 bits per heavy atom. The average Bonchev–Trinajstić information content (AvgIpc) is 2.39. The fourth-order valence-corrected chi connectivity index (χ4v) is 1.48. The molecule has 2 rings (SSSR count). The van der Waals surface area contributed by atoms with E-state index < -0.39 is 0 Å². The number of pyridine rings is 1. The predicted molar refractivity (Wildman–Crippen MR) is 61.6 cm³/mol. The van der Waals surface area contributed by atoms with E-state index in [1.165, 1.54) is 0 Å². The predicted octanol–water partition coefficient (Wildman–Crippen LogP) is 2.57. The van der Waals surface area contributed by atoms with Gasteiger partial charge in [0.1, 0.15) is 5.75 Å². The third kappa shape index (κ3) is 1.98. The van der Waals surface area contributed by atoms with E-state index in [0.29, 0.717) is 5.88 Å². The number of methoxy groups -OCH3 is 2. The summed E-state index contributed by atoms with van der Waals surface area (Å²) in [5.41, 5.74) is 1.95. The first-order chi connectivity index (χ1) is 7.85. The summed E-state index contributed by atoms with van der Waals surface area (Å²) in [5, 5.41) is 0. The lowest BCUT2D eigenvalue weighted by Gasteiger charge is -2.07. The second kappa shape index (κ2) is 4.66. The molecule has 1 aromatic heterocycles. The first kappa shape index (κ1) is 10.5. The zero-order valence-corrected chi connectivity index (χ0v) is 9.23. The van der Waals surface area contributed by atoms with Crippen LogP contribution in [0.15, 0.2) is 36.5 Å². The normalized spacial score (nSPS) is 9.88. The van der Waals surface area contributed by atoms with Crippen LogP contribution >= 0.6 is 0 Å². The first-order valence-corrected chi connectivity index (χ1v) is 4.90. The highest BCUT2D eigenvalue weighted by molar-refractivity contribution is 5.69. The fraction of sp³-hybridized carbons (Fsp3) is 0.154. The van der Waals surface area contributed by atoms with Crippen molar-refractivity contribution < 1.29 is 9.47 Å². The third-order valence-electron chi connectivity index (χ3n) is 2.28. The van der Waals surface area contributed by atoms with Crippen molar-refractivity contribution >= 4 is 0 Å². The Kier molecular flexibility index (Phi) is 3.05. The van der Waals surface area contributed by atoms with Gasteiger partial charge in [0.05, 0.1) is 14.2 Å². The molecule has 0 saturated heterocycles. The summed E-state index contributed by atoms with van der Waals surface area (Å²) in [6.07, 6.45) is 1.75. The molecular formula is C13H12NO2. The van der Waals surface area contributed by atoms with Crippen molar-refractivity contribution in [2.24, 2.45) is 0 Å². The highest BCUT2D eigenvalue weighted by atomic mass is 16.5. The molecule has 0 N–H and O–H groups in total. The minimum absolute atomic E-state index is 0.600. The Bertz CT molecular complexity index is 466. The third-order valence-corrected chi connectivity index (χ3v) is 2.28. The molecule has 0 aliphatic carbocycles. The first-order valence-electron chi connectivity index (χ1n) is 4.90. The number of benzene rings is 1. The lowest BCUT2D eigenvalue weighted by atomic mass is 10.1. The number of nitrogens with zero attached hydrogens (tertiary/aromatic N) is 1. The van der Waals surface area contributed by atoms with E-state index in [9.17, 15) is 0 Å². The summed E-state index contributed by atoms with van der Waals surface area (Å²) in [7, 11) is 3.23. The van der Waals surface area contributed by atoms with Crippen molar-refractivity contribution in [1.82, 2.24) is 4.98 Å². The van der Waals surface area contributed by atoms with Crippen molar-refractivity contribution in [3.05, 3.63) is 42.6 Å². The van der Waals surface area contributed by atoms with Gasteiger partial charge < -0.3 is 9.47 Å². The van der Waals surface area contributed by atoms with E-state index in [2.05, 4.69) is 11.1 Å². The van der Waals surface area contributed by atoms with E-state index in [4.69, 9.17) is 9.47 Å². The van der Waals surface area contributed by atoms with Gasteiger partial charge in [0.2, 0.25) is 5.88 Å². The lowest BCUT2D eigenvalue weighted by Crippen LogP contribution is -1.90. The Balaban J connectivity index is 2.42. The van der Waals surface area contributed by atoms with E-state index in [1.807, 2.05) is 30.3 Å². The van der Waals surface area contributed by atoms with Gasteiger partial charge in [-0.2, -0.15) is 0 Å². The second-order valence-corrected chi connectivity index (χ2v) is 3.21. The molecule has 0 fully saturated rings. The van der Waals surface area contributed by atoms with Crippen molar-refractivity contribution in [3.63, 3.8) is 0 Å². The van der Waals surface area contributed by atoms with Gasteiger partial charge in [-0.15, -0.1) is 0 Å². The standard InChI is InChI=1S/C13H12NO2/c1-15-12-6-4-3-5-11(12)10-7-8-13(16-2)14-9-10/h3-5,7-9H,1-2H3. The van der Waals surface area contributed by atoms with Gasteiger partial charge in [-0.05, 0) is 6.07 Å². The number of hydrogen-bond donors (Lipinski definition) is 0. The molecule has 81 valence electrons. The summed E-state index contributed by atoms with van der Waals surface area (Å²) >= 11 is 0. The Labute approximate surface area is 94.7 Å². The number of hydrogen-bond acceptors (Lipinski definition) is 3. The summed E-state index contributed by atoms with van der Waals surface area (Å²) in [5.74, 6) is 1.32. The van der Waals surface area contributed by atoms with Crippen LogP contribution in [0.5, 0.6) is 11.6 Å². The maximum absolute atomic E-state index is 5.24. The minimum Gasteiger partial charge on any atom is -0.495 e. The second-order valence-electron chi connectivity index (χ2n) is 3.21. The van der Waals surface area contributed by atoms with Crippen molar-refractivity contribution in [2.45, 2.75) is 0 Å². The number of ether oxygens (including phenoxy) is 2. The van der Waals surface area contributed by atoms with E-state index >= 15 is 0 Å². The molecule has 0 amide bonds. The van der Waals surface area contributed by atoms with Gasteiger partial charge in [0.25, 0.3) is 0 Å². The summed E-state index contributed by atoms with van der Waals surface area (Å²) in [6.45, 7) is 0. The van der Waals surface area contributed by atoms with Crippen LogP contribution in [0, 0.1) is 6.07 Å². The molecule has 0 atom stereocenters. The van der Waals surface area contributed by atoms with Crippen LogP contribution in [-0.4, -0.2) is 19.2 Å². The monoisotopic (exact) mass is 214 g/mol. The van der Waals surface area contributed by atoms with Crippen LogP contribution in [0.1, 0.15) is 0 Å². The van der Waals surface area contributed by atoms with Crippen LogP contribution < -0.4 is 9.47 Å². The molecule has 0 aliphatic heterocycles. The van der Waals surface area contributed by atoms with Crippen LogP contribution in [-0.2, 0) is 0 Å². The Hall–Kier alpha value is -2.03. The molecule has 1 radical (unpaired) electrons. The van der Waals surface area contributed by atoms with Gasteiger partial charge in [-0.1, -0.05) is 18.2 Å². The molecule has 0 spiro atoms. The highest BCUT2D eigenvalue weighted by Gasteiger charge is 2.05. The zero-order chi connectivity index (χ0) is 11.4. The number of aromatic nitrogens is 1. The molecule has 1 heterocycles. The molecule has 0 bridgehead atoms. The molecule has 0 unspecified atom stereocenters. The van der Waals surface area contributed by atoms with E-state index in [-0.39, 0.29) is 0 Å². The molecule has 2 aromatic rings. The molecule has 3 heteroatoms. The minimum atomic E-state index is 0.600. The van der Waals surface area contributed by atoms with Crippen LogP contribution in [0.4, 0.5) is 0 Å². The maximum atomic E-state index is 5.24. The summed E-state index contributed by atoms with van der Waals surface area (Å²) in [4.78, 5) is 4.16. The molecular weight excluding hydrogens is 202 g/mol. The largest absolute Gasteiger partial charge is 0.495 e. The quantitative estimate of drug-likeness (QED) is 0.786. The fourth-order valence-electron chi connectivity index (χ4n) is 1.48. The van der Waals surface area contributed by atoms with Crippen molar-refractivity contribution in [2.75, 3.05) is 14.2 Å².